The molecule has 1 aromatic heterocycles. The SMILES string of the molecule is CCNc1nc(Cl)nc(Nc2cc(Cl)ccc2F)n1. The molecular weight excluding hydrogens is 292 g/mol. The Balaban J connectivity index is 2.29. The molecule has 2 rings (SSSR count). The van der Waals surface area contributed by atoms with Crippen molar-refractivity contribution < 1.29 is 4.39 Å². The number of nitrogens with zero attached hydrogens (tertiary/aromatic N) is 3. The van der Waals surface area contributed by atoms with E-state index in [9.17, 15) is 4.39 Å². The summed E-state index contributed by atoms with van der Waals surface area (Å²) in [4.78, 5) is 11.8. The predicted octanol–water partition coefficient (Wildman–Crippen LogP) is 3.49. The van der Waals surface area contributed by atoms with Gasteiger partial charge in [-0.25, -0.2) is 4.39 Å². The summed E-state index contributed by atoms with van der Waals surface area (Å²) in [6.07, 6.45) is 0. The minimum absolute atomic E-state index is 0.0101. The third-order valence-electron chi connectivity index (χ3n) is 2.12. The summed E-state index contributed by atoms with van der Waals surface area (Å²) < 4.78 is 13.6. The number of anilines is 3. The largest absolute Gasteiger partial charge is 0.354 e. The maximum Gasteiger partial charge on any atom is 0.233 e. The van der Waals surface area contributed by atoms with E-state index < -0.39 is 5.82 Å². The Bertz CT molecular complexity index is 593. The summed E-state index contributed by atoms with van der Waals surface area (Å²) in [7, 11) is 0. The molecule has 2 N–H and O–H groups in total. The van der Waals surface area contributed by atoms with Crippen molar-refractivity contribution in [3.63, 3.8) is 0 Å². The van der Waals surface area contributed by atoms with Crippen molar-refractivity contribution in [3.8, 4) is 0 Å². The lowest BCUT2D eigenvalue weighted by atomic mass is 10.3. The molecule has 5 nitrogen and oxygen atoms in total. The monoisotopic (exact) mass is 301 g/mol. The molecular formula is C11H10Cl2FN5. The lowest BCUT2D eigenvalue weighted by Gasteiger charge is -2.08. The van der Waals surface area contributed by atoms with Crippen LogP contribution >= 0.6 is 23.2 Å². The van der Waals surface area contributed by atoms with Gasteiger partial charge < -0.3 is 10.6 Å². The number of benzene rings is 1. The molecule has 100 valence electrons. The van der Waals surface area contributed by atoms with Gasteiger partial charge in [-0.3, -0.25) is 0 Å². The molecule has 19 heavy (non-hydrogen) atoms. The van der Waals surface area contributed by atoms with Gasteiger partial charge in [-0.15, -0.1) is 0 Å². The molecule has 0 aliphatic heterocycles. The first kappa shape index (κ1) is 13.8. The van der Waals surface area contributed by atoms with Crippen molar-refractivity contribution in [2.24, 2.45) is 0 Å². The first-order valence-electron chi connectivity index (χ1n) is 5.46. The van der Waals surface area contributed by atoms with Crippen molar-refractivity contribution in [2.45, 2.75) is 6.92 Å². The van der Waals surface area contributed by atoms with Crippen LogP contribution < -0.4 is 10.6 Å². The summed E-state index contributed by atoms with van der Waals surface area (Å²) in [5, 5.41) is 6.01. The zero-order valence-corrected chi connectivity index (χ0v) is 11.4. The molecule has 0 aliphatic rings. The van der Waals surface area contributed by atoms with E-state index in [-0.39, 0.29) is 16.9 Å². The minimum atomic E-state index is -0.467. The second-order valence-corrected chi connectivity index (χ2v) is 4.31. The summed E-state index contributed by atoms with van der Waals surface area (Å²) in [6, 6.07) is 4.13. The van der Waals surface area contributed by atoms with Crippen LogP contribution in [-0.4, -0.2) is 21.5 Å². The van der Waals surface area contributed by atoms with Crippen LogP contribution in [-0.2, 0) is 0 Å². The number of rotatable bonds is 4. The Morgan fingerprint density at radius 2 is 1.89 bits per heavy atom. The minimum Gasteiger partial charge on any atom is -0.354 e. The van der Waals surface area contributed by atoms with E-state index >= 15 is 0 Å². The smallest absolute Gasteiger partial charge is 0.233 e. The van der Waals surface area contributed by atoms with Gasteiger partial charge in [-0.05, 0) is 36.7 Å². The molecule has 0 radical (unpaired) electrons. The van der Waals surface area contributed by atoms with Crippen molar-refractivity contribution in [3.05, 3.63) is 34.3 Å². The number of nitrogens with one attached hydrogen (secondary N) is 2. The van der Waals surface area contributed by atoms with E-state index in [1.807, 2.05) is 6.92 Å². The molecule has 0 bridgehead atoms. The van der Waals surface area contributed by atoms with Gasteiger partial charge in [0, 0.05) is 11.6 Å². The number of hydrogen-bond acceptors (Lipinski definition) is 5. The van der Waals surface area contributed by atoms with Crippen LogP contribution in [0.25, 0.3) is 0 Å². The highest BCUT2D eigenvalue weighted by Crippen LogP contribution is 2.22. The van der Waals surface area contributed by atoms with E-state index in [1.165, 1.54) is 18.2 Å². The molecule has 0 saturated carbocycles. The fourth-order valence-electron chi connectivity index (χ4n) is 1.36. The second-order valence-electron chi connectivity index (χ2n) is 3.53. The van der Waals surface area contributed by atoms with Gasteiger partial charge in [-0.2, -0.15) is 15.0 Å². The summed E-state index contributed by atoms with van der Waals surface area (Å²) >= 11 is 11.6. The second kappa shape index (κ2) is 5.99. The van der Waals surface area contributed by atoms with Gasteiger partial charge in [-0.1, -0.05) is 11.6 Å². The summed E-state index contributed by atoms with van der Waals surface area (Å²) in [5.41, 5.74) is 0.164. The number of halogens is 3. The van der Waals surface area contributed by atoms with E-state index in [4.69, 9.17) is 23.2 Å². The molecule has 0 unspecified atom stereocenters. The highest BCUT2D eigenvalue weighted by molar-refractivity contribution is 6.30. The van der Waals surface area contributed by atoms with Gasteiger partial charge in [0.1, 0.15) is 5.82 Å². The zero-order valence-electron chi connectivity index (χ0n) is 9.91. The average molecular weight is 302 g/mol. The first-order valence-corrected chi connectivity index (χ1v) is 6.21. The number of hydrogen-bond donors (Lipinski definition) is 2. The van der Waals surface area contributed by atoms with Crippen LogP contribution in [0.3, 0.4) is 0 Å². The van der Waals surface area contributed by atoms with Gasteiger partial charge in [0.2, 0.25) is 17.2 Å². The van der Waals surface area contributed by atoms with Gasteiger partial charge >= 0.3 is 0 Å². The standard InChI is InChI=1S/C11H10Cl2FN5/c1-2-15-10-17-9(13)18-11(19-10)16-8-5-6(12)3-4-7(8)14/h3-5H,2H2,1H3,(H2,15,16,17,18,19). The molecule has 0 fully saturated rings. The van der Waals surface area contributed by atoms with Crippen molar-refractivity contribution >= 4 is 40.8 Å². The Kier molecular flexibility index (Phi) is 4.34. The Labute approximate surface area is 119 Å². The van der Waals surface area contributed by atoms with E-state index in [0.29, 0.717) is 17.5 Å². The van der Waals surface area contributed by atoms with Gasteiger partial charge in [0.25, 0.3) is 0 Å². The molecule has 0 aliphatic carbocycles. The van der Waals surface area contributed by atoms with Crippen LogP contribution in [0.2, 0.25) is 10.3 Å². The van der Waals surface area contributed by atoms with Crippen molar-refractivity contribution in [1.82, 2.24) is 15.0 Å². The maximum atomic E-state index is 13.6. The van der Waals surface area contributed by atoms with Crippen molar-refractivity contribution in [1.29, 1.82) is 0 Å². The molecule has 1 aromatic carbocycles. The number of aromatic nitrogens is 3. The fraction of sp³-hybridized carbons (Fsp3) is 0.182. The molecule has 0 amide bonds. The van der Waals surface area contributed by atoms with E-state index in [1.54, 1.807) is 0 Å². The lowest BCUT2D eigenvalue weighted by molar-refractivity contribution is 0.631. The van der Waals surface area contributed by atoms with Gasteiger partial charge in [0.05, 0.1) is 5.69 Å². The van der Waals surface area contributed by atoms with E-state index in [0.717, 1.165) is 0 Å². The molecule has 0 saturated heterocycles. The normalized spacial score (nSPS) is 10.3. The highest BCUT2D eigenvalue weighted by Gasteiger charge is 2.08. The molecule has 2 aromatic rings. The fourth-order valence-corrected chi connectivity index (χ4v) is 1.69. The molecule has 1 heterocycles. The van der Waals surface area contributed by atoms with Crippen LogP contribution in [0, 0.1) is 5.82 Å². The zero-order chi connectivity index (χ0) is 13.8. The van der Waals surface area contributed by atoms with Crippen LogP contribution in [0.5, 0.6) is 0 Å². The van der Waals surface area contributed by atoms with E-state index in [2.05, 4.69) is 25.6 Å². The third kappa shape index (κ3) is 3.65. The van der Waals surface area contributed by atoms with Gasteiger partial charge in [0.15, 0.2) is 0 Å². The molecule has 0 atom stereocenters. The Morgan fingerprint density at radius 1 is 1.16 bits per heavy atom. The first-order chi connectivity index (χ1) is 9.08. The highest BCUT2D eigenvalue weighted by atomic mass is 35.5. The van der Waals surface area contributed by atoms with Crippen LogP contribution in [0.1, 0.15) is 6.92 Å². The van der Waals surface area contributed by atoms with Crippen molar-refractivity contribution in [2.75, 3.05) is 17.2 Å². The maximum absolute atomic E-state index is 13.6. The Hall–Kier alpha value is -1.66. The molecule has 8 heteroatoms. The topological polar surface area (TPSA) is 62.7 Å². The third-order valence-corrected chi connectivity index (χ3v) is 2.52. The lowest BCUT2D eigenvalue weighted by Crippen LogP contribution is -2.07. The van der Waals surface area contributed by atoms with Crippen LogP contribution in [0.4, 0.5) is 22.0 Å². The average Bonchev–Trinajstić information content (AvgIpc) is 2.33. The summed E-state index contributed by atoms with van der Waals surface area (Å²) in [5.74, 6) is -0.0181. The quantitative estimate of drug-likeness (QED) is 0.905. The molecule has 0 spiro atoms. The van der Waals surface area contributed by atoms with Crippen LogP contribution in [0.15, 0.2) is 18.2 Å². The summed E-state index contributed by atoms with van der Waals surface area (Å²) in [6.45, 7) is 2.52. The predicted molar refractivity (Wildman–Crippen MR) is 73.7 cm³/mol. The Morgan fingerprint density at radius 3 is 2.63 bits per heavy atom.